The molecular weight excluding hydrogens is 761 g/mol. The highest BCUT2D eigenvalue weighted by atomic mass is 15.1. The Morgan fingerprint density at radius 1 is 0.317 bits per heavy atom. The summed E-state index contributed by atoms with van der Waals surface area (Å²) in [4.78, 5) is 2.47. The van der Waals surface area contributed by atoms with E-state index in [4.69, 9.17) is 0 Å². The number of rotatable bonds is 6. The smallest absolute Gasteiger partial charge is 0.0755 e. The SMILES string of the molecule is c1ccc(-c2ccc(-c3ccccc3N(c3ccc(-c4ccccc4)cc3)c3ccc4c(c3)C3(c5ccccc5-c5ccccc53)c3cccc5c6ccccc6n-4c35)cc2)cc1. The minimum atomic E-state index is -0.557. The zero-order valence-corrected chi connectivity index (χ0v) is 34.5. The van der Waals surface area contributed by atoms with E-state index >= 15 is 0 Å². The van der Waals surface area contributed by atoms with Crippen molar-refractivity contribution in [2.75, 3.05) is 4.90 Å². The molecule has 2 heteroatoms. The normalized spacial score (nSPS) is 12.9. The molecule has 0 N–H and O–H groups in total. The summed E-state index contributed by atoms with van der Waals surface area (Å²) in [7, 11) is 0. The Morgan fingerprint density at radius 2 is 0.810 bits per heavy atom. The van der Waals surface area contributed by atoms with E-state index in [9.17, 15) is 0 Å². The molecule has 1 aromatic heterocycles. The monoisotopic (exact) mass is 800 g/mol. The lowest BCUT2D eigenvalue weighted by atomic mass is 9.65. The third kappa shape index (κ3) is 5.19. The van der Waals surface area contributed by atoms with Gasteiger partial charge in [-0.15, -0.1) is 0 Å². The van der Waals surface area contributed by atoms with Crippen molar-refractivity contribution in [1.29, 1.82) is 0 Å². The van der Waals surface area contributed by atoms with Crippen LogP contribution in [0.3, 0.4) is 0 Å². The molecule has 1 aliphatic heterocycles. The predicted molar refractivity (Wildman–Crippen MR) is 263 cm³/mol. The van der Waals surface area contributed by atoms with E-state index in [1.165, 1.54) is 88.7 Å². The fraction of sp³-hybridized carbons (Fsp3) is 0.0164. The first-order valence-electron chi connectivity index (χ1n) is 21.8. The average molecular weight is 801 g/mol. The zero-order chi connectivity index (χ0) is 41.5. The number of aromatic nitrogens is 1. The van der Waals surface area contributed by atoms with Gasteiger partial charge < -0.3 is 9.47 Å². The molecule has 294 valence electrons. The lowest BCUT2D eigenvalue weighted by Gasteiger charge is -2.40. The molecule has 0 radical (unpaired) electrons. The van der Waals surface area contributed by atoms with Crippen LogP contribution >= 0.6 is 0 Å². The lowest BCUT2D eigenvalue weighted by molar-refractivity contribution is 0.748. The maximum Gasteiger partial charge on any atom is 0.0755 e. The summed E-state index contributed by atoms with van der Waals surface area (Å²) >= 11 is 0. The van der Waals surface area contributed by atoms with Crippen LogP contribution in [0.4, 0.5) is 17.1 Å². The molecule has 0 saturated heterocycles. The number of fused-ring (bicyclic) bond motifs is 12. The Kier molecular flexibility index (Phi) is 7.85. The molecule has 63 heavy (non-hydrogen) atoms. The molecule has 0 unspecified atom stereocenters. The van der Waals surface area contributed by atoms with Gasteiger partial charge in [-0.1, -0.05) is 200 Å². The second kappa shape index (κ2) is 13.9. The second-order valence-corrected chi connectivity index (χ2v) is 16.8. The highest BCUT2D eigenvalue weighted by Gasteiger charge is 2.51. The van der Waals surface area contributed by atoms with Gasteiger partial charge in [0.2, 0.25) is 0 Å². The van der Waals surface area contributed by atoms with Crippen molar-refractivity contribution in [1.82, 2.24) is 4.57 Å². The summed E-state index contributed by atoms with van der Waals surface area (Å²) < 4.78 is 2.54. The second-order valence-electron chi connectivity index (χ2n) is 16.8. The van der Waals surface area contributed by atoms with Gasteiger partial charge in [0, 0.05) is 27.7 Å². The average Bonchev–Trinajstić information content (AvgIpc) is 3.86. The van der Waals surface area contributed by atoms with Crippen molar-refractivity contribution in [3.05, 3.63) is 265 Å². The Bertz CT molecular complexity index is 3500. The van der Waals surface area contributed by atoms with Gasteiger partial charge in [0.15, 0.2) is 0 Å². The molecule has 0 atom stereocenters. The van der Waals surface area contributed by atoms with Crippen LogP contribution in [0, 0.1) is 0 Å². The molecule has 0 amide bonds. The van der Waals surface area contributed by atoms with Gasteiger partial charge in [-0.05, 0) is 104 Å². The number of para-hydroxylation sites is 3. The molecule has 2 aliphatic rings. The van der Waals surface area contributed by atoms with Crippen molar-refractivity contribution in [2.24, 2.45) is 0 Å². The van der Waals surface area contributed by atoms with Gasteiger partial charge >= 0.3 is 0 Å². The molecule has 1 spiro atoms. The van der Waals surface area contributed by atoms with Gasteiger partial charge in [-0.2, -0.15) is 0 Å². The molecule has 1 aliphatic carbocycles. The van der Waals surface area contributed by atoms with Crippen LogP contribution in [-0.4, -0.2) is 4.57 Å². The van der Waals surface area contributed by atoms with E-state index in [1.54, 1.807) is 0 Å². The van der Waals surface area contributed by atoms with E-state index < -0.39 is 5.41 Å². The maximum atomic E-state index is 2.54. The van der Waals surface area contributed by atoms with E-state index in [0.717, 1.165) is 22.6 Å². The number of anilines is 3. The highest BCUT2D eigenvalue weighted by molar-refractivity contribution is 6.13. The first kappa shape index (κ1) is 35.5. The topological polar surface area (TPSA) is 8.17 Å². The Balaban J connectivity index is 1.09. The van der Waals surface area contributed by atoms with Crippen molar-refractivity contribution >= 4 is 38.9 Å². The number of benzene rings is 10. The molecule has 0 saturated carbocycles. The van der Waals surface area contributed by atoms with Crippen LogP contribution in [0.15, 0.2) is 243 Å². The minimum absolute atomic E-state index is 0.557. The fourth-order valence-electron chi connectivity index (χ4n) is 10.9. The van der Waals surface area contributed by atoms with Crippen LogP contribution in [0.2, 0.25) is 0 Å². The van der Waals surface area contributed by atoms with E-state index in [0.29, 0.717) is 0 Å². The van der Waals surface area contributed by atoms with Crippen molar-refractivity contribution < 1.29 is 0 Å². The van der Waals surface area contributed by atoms with Crippen LogP contribution in [0.5, 0.6) is 0 Å². The van der Waals surface area contributed by atoms with Gasteiger partial charge in [0.05, 0.1) is 27.8 Å². The zero-order valence-electron chi connectivity index (χ0n) is 34.5. The van der Waals surface area contributed by atoms with E-state index in [2.05, 4.69) is 252 Å². The maximum absolute atomic E-state index is 2.54. The van der Waals surface area contributed by atoms with Crippen molar-refractivity contribution in [3.63, 3.8) is 0 Å². The molecule has 2 heterocycles. The van der Waals surface area contributed by atoms with E-state index in [-0.39, 0.29) is 0 Å². The summed E-state index contributed by atoms with van der Waals surface area (Å²) in [5, 5.41) is 2.56. The molecule has 2 nitrogen and oxygen atoms in total. The first-order valence-corrected chi connectivity index (χ1v) is 21.8. The third-order valence-corrected chi connectivity index (χ3v) is 13.6. The molecule has 0 fully saturated rings. The number of hydrogen-bond donors (Lipinski definition) is 0. The molecule has 13 rings (SSSR count). The summed E-state index contributed by atoms with van der Waals surface area (Å²) in [6, 6.07) is 89.6. The Labute approximate surface area is 367 Å². The summed E-state index contributed by atoms with van der Waals surface area (Å²) in [5.74, 6) is 0. The molecule has 10 aromatic carbocycles. The first-order chi connectivity index (χ1) is 31.3. The van der Waals surface area contributed by atoms with Crippen LogP contribution in [-0.2, 0) is 5.41 Å². The van der Waals surface area contributed by atoms with Gasteiger partial charge in [-0.25, -0.2) is 0 Å². The Morgan fingerprint density at radius 3 is 1.49 bits per heavy atom. The minimum Gasteiger partial charge on any atom is -0.310 e. The van der Waals surface area contributed by atoms with E-state index in [1.807, 2.05) is 0 Å². The third-order valence-electron chi connectivity index (χ3n) is 13.6. The molecule has 11 aromatic rings. The fourth-order valence-corrected chi connectivity index (χ4v) is 10.9. The molecule has 0 bridgehead atoms. The standard InChI is InChI=1S/C61H40N2/c1-3-16-41(17-4-1)43-30-32-45(33-31-43)48-20-9-13-28-57(48)62(46-36-34-44(35-37-46)42-18-5-2-6-19-42)47-38-39-59-56(40-47)61(53-25-11-7-21-49(53)50-22-8-12-26-54(50)61)55-27-15-24-52-51-23-10-14-29-58(51)63(59)60(52)55/h1-40H. The summed E-state index contributed by atoms with van der Waals surface area (Å²) in [6.07, 6.45) is 0. The highest BCUT2D eigenvalue weighted by Crippen LogP contribution is 2.61. The van der Waals surface area contributed by atoms with Gasteiger partial charge in [0.1, 0.15) is 0 Å². The predicted octanol–water partition coefficient (Wildman–Crippen LogP) is 15.9. The van der Waals surface area contributed by atoms with Crippen LogP contribution in [0.1, 0.15) is 22.3 Å². The number of nitrogens with zero attached hydrogens (tertiary/aromatic N) is 2. The molecular formula is C61H40N2. The summed E-state index contributed by atoms with van der Waals surface area (Å²) in [6.45, 7) is 0. The lowest BCUT2D eigenvalue weighted by Crippen LogP contribution is -2.33. The summed E-state index contributed by atoms with van der Waals surface area (Å²) in [5.41, 5.74) is 21.4. The van der Waals surface area contributed by atoms with Crippen molar-refractivity contribution in [2.45, 2.75) is 5.41 Å². The number of hydrogen-bond acceptors (Lipinski definition) is 1. The quantitative estimate of drug-likeness (QED) is 0.163. The van der Waals surface area contributed by atoms with Gasteiger partial charge in [-0.3, -0.25) is 0 Å². The van der Waals surface area contributed by atoms with Crippen LogP contribution < -0.4 is 4.90 Å². The largest absolute Gasteiger partial charge is 0.310 e. The van der Waals surface area contributed by atoms with Gasteiger partial charge in [0.25, 0.3) is 0 Å². The Hall–Kier alpha value is -8.20. The van der Waals surface area contributed by atoms with Crippen molar-refractivity contribution in [3.8, 4) is 50.2 Å². The van der Waals surface area contributed by atoms with Crippen LogP contribution in [0.25, 0.3) is 72.0 Å².